The van der Waals surface area contributed by atoms with Crippen LogP contribution in [-0.2, 0) is 14.6 Å². The van der Waals surface area contributed by atoms with Crippen LogP contribution in [0.3, 0.4) is 0 Å². The summed E-state index contributed by atoms with van der Waals surface area (Å²) in [7, 11) is -3.03. The summed E-state index contributed by atoms with van der Waals surface area (Å²) in [5.74, 6) is -0.536. The molecule has 1 fully saturated rings. The van der Waals surface area contributed by atoms with Crippen LogP contribution in [0.25, 0.3) is 0 Å². The quantitative estimate of drug-likeness (QED) is 0.902. The highest BCUT2D eigenvalue weighted by atomic mass is 32.2. The third kappa shape index (κ3) is 3.97. The number of anilines is 2. The molecule has 6 heteroatoms. The molecular weight excluding hydrogens is 288 g/mol. The number of hydrogen-bond acceptors (Lipinski definition) is 4. The Morgan fingerprint density at radius 2 is 1.86 bits per heavy atom. The molecule has 0 spiro atoms. The number of carbonyl (C=O) groups excluding carboxylic acids is 1. The van der Waals surface area contributed by atoms with Gasteiger partial charge in [-0.2, -0.15) is 0 Å². The number of carbonyl (C=O) groups is 1. The fraction of sp³-hybridized carbons (Fsp3) is 0.533. The summed E-state index contributed by atoms with van der Waals surface area (Å²) < 4.78 is 22.8. The summed E-state index contributed by atoms with van der Waals surface area (Å²) in [6.45, 7) is 6.06. The van der Waals surface area contributed by atoms with Gasteiger partial charge in [0, 0.05) is 24.5 Å². The van der Waals surface area contributed by atoms with Gasteiger partial charge >= 0.3 is 0 Å². The molecule has 1 aliphatic rings. The minimum Gasteiger partial charge on any atom is -0.372 e. The van der Waals surface area contributed by atoms with E-state index in [-0.39, 0.29) is 17.4 Å². The third-order valence-electron chi connectivity index (χ3n) is 3.87. The number of benzene rings is 1. The second-order valence-electron chi connectivity index (χ2n) is 5.31. The molecular formula is C15H22N2O3S. The van der Waals surface area contributed by atoms with E-state index >= 15 is 0 Å². The minimum absolute atomic E-state index is 0.0314. The molecule has 1 aromatic rings. The summed E-state index contributed by atoms with van der Waals surface area (Å²) in [4.78, 5) is 14.3. The number of rotatable bonds is 5. The van der Waals surface area contributed by atoms with Crippen molar-refractivity contribution in [2.75, 3.05) is 34.8 Å². The summed E-state index contributed by atoms with van der Waals surface area (Å²) in [6, 6.07) is 7.64. The highest BCUT2D eigenvalue weighted by molar-refractivity contribution is 7.91. The maximum Gasteiger partial charge on any atom is 0.228 e. The Balaban J connectivity index is 1.99. The van der Waals surface area contributed by atoms with E-state index in [0.717, 1.165) is 18.8 Å². The molecule has 116 valence electrons. The fourth-order valence-corrected chi connectivity index (χ4v) is 4.33. The molecule has 0 bridgehead atoms. The number of nitrogens with zero attached hydrogens (tertiary/aromatic N) is 1. The van der Waals surface area contributed by atoms with Crippen LogP contribution >= 0.6 is 0 Å². The first-order chi connectivity index (χ1) is 9.95. The molecule has 0 aromatic heterocycles. The molecule has 1 amide bonds. The van der Waals surface area contributed by atoms with Gasteiger partial charge in [-0.05, 0) is 44.5 Å². The Bertz CT molecular complexity index is 592. The first-order valence-corrected chi connectivity index (χ1v) is 9.13. The van der Waals surface area contributed by atoms with Crippen LogP contribution < -0.4 is 10.2 Å². The number of sulfone groups is 1. The smallest absolute Gasteiger partial charge is 0.228 e. The molecule has 0 radical (unpaired) electrons. The van der Waals surface area contributed by atoms with Crippen LogP contribution in [0.5, 0.6) is 0 Å². The molecule has 5 nitrogen and oxygen atoms in total. The summed E-state index contributed by atoms with van der Waals surface area (Å²) in [6.07, 6.45) is 0.422. The zero-order valence-corrected chi connectivity index (χ0v) is 13.3. The van der Waals surface area contributed by atoms with Crippen molar-refractivity contribution in [1.82, 2.24) is 0 Å². The van der Waals surface area contributed by atoms with Crippen molar-refractivity contribution in [3.63, 3.8) is 0 Å². The van der Waals surface area contributed by atoms with Crippen molar-refractivity contribution in [2.24, 2.45) is 5.92 Å². The maximum absolute atomic E-state index is 12.0. The molecule has 0 aliphatic carbocycles. The van der Waals surface area contributed by atoms with Crippen LogP contribution in [0.15, 0.2) is 24.3 Å². The predicted octanol–water partition coefficient (Wildman–Crippen LogP) is 1.91. The van der Waals surface area contributed by atoms with E-state index in [4.69, 9.17) is 0 Å². The van der Waals surface area contributed by atoms with E-state index in [2.05, 4.69) is 24.1 Å². The molecule has 1 aromatic carbocycles. The topological polar surface area (TPSA) is 66.5 Å². The Morgan fingerprint density at radius 3 is 2.33 bits per heavy atom. The minimum atomic E-state index is -3.03. The molecule has 0 unspecified atom stereocenters. The van der Waals surface area contributed by atoms with Crippen LogP contribution in [0.4, 0.5) is 11.4 Å². The normalized spacial score (nSPS) is 20.2. The fourth-order valence-electron chi connectivity index (χ4n) is 2.59. The lowest BCUT2D eigenvalue weighted by atomic mass is 10.1. The van der Waals surface area contributed by atoms with E-state index in [0.29, 0.717) is 12.1 Å². The summed E-state index contributed by atoms with van der Waals surface area (Å²) in [5.41, 5.74) is 1.82. The zero-order chi connectivity index (χ0) is 15.5. The van der Waals surface area contributed by atoms with Crippen molar-refractivity contribution in [2.45, 2.75) is 20.3 Å². The average molecular weight is 310 g/mol. The van der Waals surface area contributed by atoms with Crippen molar-refractivity contribution in [3.05, 3.63) is 24.3 Å². The zero-order valence-electron chi connectivity index (χ0n) is 12.5. The molecule has 1 atom stereocenters. The number of hydrogen-bond donors (Lipinski definition) is 1. The molecule has 1 heterocycles. The molecule has 1 saturated heterocycles. The molecule has 1 aliphatic heterocycles. The Hall–Kier alpha value is -1.56. The highest BCUT2D eigenvalue weighted by Crippen LogP contribution is 2.22. The van der Waals surface area contributed by atoms with Gasteiger partial charge in [-0.15, -0.1) is 0 Å². The van der Waals surface area contributed by atoms with Crippen LogP contribution in [0.1, 0.15) is 20.3 Å². The second kappa shape index (κ2) is 6.47. The van der Waals surface area contributed by atoms with Gasteiger partial charge in [0.1, 0.15) is 0 Å². The summed E-state index contributed by atoms with van der Waals surface area (Å²) >= 11 is 0. The van der Waals surface area contributed by atoms with Crippen molar-refractivity contribution in [3.8, 4) is 0 Å². The van der Waals surface area contributed by atoms with Gasteiger partial charge in [-0.25, -0.2) is 8.42 Å². The van der Waals surface area contributed by atoms with Crippen LogP contribution in [0.2, 0.25) is 0 Å². The SMILES string of the molecule is CCN(CC)c1ccc(NC(=O)[C@H]2CCS(=O)(=O)C2)cc1. The van der Waals surface area contributed by atoms with E-state index in [1.165, 1.54) is 0 Å². The average Bonchev–Trinajstić information content (AvgIpc) is 2.82. The van der Waals surface area contributed by atoms with Crippen LogP contribution in [-0.4, -0.2) is 38.9 Å². The molecule has 2 rings (SSSR count). The number of nitrogens with one attached hydrogen (secondary N) is 1. The van der Waals surface area contributed by atoms with Crippen LogP contribution in [0, 0.1) is 5.92 Å². The predicted molar refractivity (Wildman–Crippen MR) is 85.4 cm³/mol. The van der Waals surface area contributed by atoms with Gasteiger partial charge in [-0.3, -0.25) is 4.79 Å². The van der Waals surface area contributed by atoms with E-state index in [9.17, 15) is 13.2 Å². The summed E-state index contributed by atoms with van der Waals surface area (Å²) in [5, 5.41) is 2.80. The largest absolute Gasteiger partial charge is 0.372 e. The highest BCUT2D eigenvalue weighted by Gasteiger charge is 2.32. The Morgan fingerprint density at radius 1 is 1.24 bits per heavy atom. The van der Waals surface area contributed by atoms with Crippen molar-refractivity contribution in [1.29, 1.82) is 0 Å². The van der Waals surface area contributed by atoms with E-state index in [1.54, 1.807) is 0 Å². The Kier molecular flexibility index (Phi) is 4.88. The van der Waals surface area contributed by atoms with Gasteiger partial charge in [0.05, 0.1) is 17.4 Å². The lowest BCUT2D eigenvalue weighted by Gasteiger charge is -2.21. The maximum atomic E-state index is 12.0. The lowest BCUT2D eigenvalue weighted by molar-refractivity contribution is -0.119. The van der Waals surface area contributed by atoms with Gasteiger partial charge < -0.3 is 10.2 Å². The lowest BCUT2D eigenvalue weighted by Crippen LogP contribution is -2.24. The third-order valence-corrected chi connectivity index (χ3v) is 5.63. The van der Waals surface area contributed by atoms with Gasteiger partial charge in [0.2, 0.25) is 5.91 Å². The van der Waals surface area contributed by atoms with Crippen molar-refractivity contribution >= 4 is 27.1 Å². The first-order valence-electron chi connectivity index (χ1n) is 7.31. The first kappa shape index (κ1) is 15.8. The molecule has 1 N–H and O–H groups in total. The number of amides is 1. The van der Waals surface area contributed by atoms with Gasteiger partial charge in [0.15, 0.2) is 9.84 Å². The molecule has 21 heavy (non-hydrogen) atoms. The van der Waals surface area contributed by atoms with E-state index < -0.39 is 15.8 Å². The molecule has 0 saturated carbocycles. The monoisotopic (exact) mass is 310 g/mol. The standard InChI is InChI=1S/C15H22N2O3S/c1-3-17(4-2)14-7-5-13(6-8-14)16-15(18)12-9-10-21(19,20)11-12/h5-8,12H,3-4,9-11H2,1-2H3,(H,16,18)/t12-/m0/s1. The van der Waals surface area contributed by atoms with Gasteiger partial charge in [-0.1, -0.05) is 0 Å². The Labute approximate surface area is 126 Å². The van der Waals surface area contributed by atoms with Crippen molar-refractivity contribution < 1.29 is 13.2 Å². The van der Waals surface area contributed by atoms with Gasteiger partial charge in [0.25, 0.3) is 0 Å². The van der Waals surface area contributed by atoms with E-state index in [1.807, 2.05) is 24.3 Å². The second-order valence-corrected chi connectivity index (χ2v) is 7.54.